The number of hydrogen-bond acceptors (Lipinski definition) is 3. The lowest BCUT2D eigenvalue weighted by molar-refractivity contribution is 0.915. The van der Waals surface area contributed by atoms with Crippen molar-refractivity contribution in [3.8, 4) is 0 Å². The van der Waals surface area contributed by atoms with Crippen molar-refractivity contribution in [2.45, 2.75) is 25.7 Å². The summed E-state index contributed by atoms with van der Waals surface area (Å²) in [4.78, 5) is 22.6. The Morgan fingerprint density at radius 1 is 1.08 bits per heavy atom. The van der Waals surface area contributed by atoms with Crippen LogP contribution in [0.1, 0.15) is 28.2 Å². The van der Waals surface area contributed by atoms with Crippen LogP contribution in [0.3, 0.4) is 0 Å². The molecule has 2 heterocycles. The lowest BCUT2D eigenvalue weighted by atomic mass is 10.0. The Morgan fingerprint density at radius 3 is 2.92 bits per heavy atom. The van der Waals surface area contributed by atoms with Gasteiger partial charge in [-0.25, -0.2) is 4.98 Å². The van der Waals surface area contributed by atoms with Crippen LogP contribution in [0.15, 0.2) is 47.3 Å². The normalized spacial score (nSPS) is 13.7. The van der Waals surface area contributed by atoms with Gasteiger partial charge in [0.15, 0.2) is 0 Å². The first kappa shape index (κ1) is 13.9. The fraction of sp³-hybridized carbons (Fsp3) is 0.200. The Kier molecular flexibility index (Phi) is 3.06. The van der Waals surface area contributed by atoms with Crippen molar-refractivity contribution in [1.82, 2.24) is 9.97 Å². The number of thiophene rings is 1. The maximum absolute atomic E-state index is 12.6. The molecule has 0 spiro atoms. The Morgan fingerprint density at radius 2 is 1.96 bits per heavy atom. The van der Waals surface area contributed by atoms with Crippen LogP contribution in [0, 0.1) is 0 Å². The maximum Gasteiger partial charge on any atom is 0.259 e. The third-order valence-electron chi connectivity index (χ3n) is 4.86. The smallest absolute Gasteiger partial charge is 0.259 e. The summed E-state index contributed by atoms with van der Waals surface area (Å²) >= 11 is 1.70. The van der Waals surface area contributed by atoms with Crippen molar-refractivity contribution in [1.29, 1.82) is 0 Å². The molecule has 0 radical (unpaired) electrons. The number of rotatable bonds is 2. The first-order valence-corrected chi connectivity index (χ1v) is 9.11. The second kappa shape index (κ2) is 5.28. The molecule has 3 nitrogen and oxygen atoms in total. The third-order valence-corrected chi connectivity index (χ3v) is 6.05. The summed E-state index contributed by atoms with van der Waals surface area (Å²) in [6, 6.07) is 14.6. The number of aryl methyl sites for hydroxylation is 2. The molecule has 1 aliphatic rings. The van der Waals surface area contributed by atoms with Gasteiger partial charge >= 0.3 is 0 Å². The molecule has 0 atom stereocenters. The minimum absolute atomic E-state index is 0.0228. The van der Waals surface area contributed by atoms with Gasteiger partial charge in [0.2, 0.25) is 0 Å². The number of hydrogen-bond donors (Lipinski definition) is 1. The molecule has 24 heavy (non-hydrogen) atoms. The molecule has 0 aliphatic heterocycles. The number of benzene rings is 2. The fourth-order valence-electron chi connectivity index (χ4n) is 3.76. The summed E-state index contributed by atoms with van der Waals surface area (Å²) in [6.07, 6.45) is 3.92. The number of H-pyrrole nitrogens is 1. The topological polar surface area (TPSA) is 45.8 Å². The van der Waals surface area contributed by atoms with Crippen LogP contribution >= 0.6 is 11.3 Å². The van der Waals surface area contributed by atoms with Gasteiger partial charge < -0.3 is 4.98 Å². The first-order valence-electron chi connectivity index (χ1n) is 8.30. The van der Waals surface area contributed by atoms with Gasteiger partial charge in [-0.15, -0.1) is 11.3 Å². The predicted octanol–water partition coefficient (Wildman–Crippen LogP) is 4.22. The molecule has 5 rings (SSSR count). The molecule has 0 saturated heterocycles. The summed E-state index contributed by atoms with van der Waals surface area (Å²) in [5, 5.41) is 3.26. The van der Waals surface area contributed by atoms with Crippen LogP contribution in [0.5, 0.6) is 0 Å². The highest BCUT2D eigenvalue weighted by molar-refractivity contribution is 7.18. The van der Waals surface area contributed by atoms with Crippen molar-refractivity contribution in [3.63, 3.8) is 0 Å². The molecule has 4 heteroatoms. The molecule has 118 valence electrons. The van der Waals surface area contributed by atoms with Gasteiger partial charge in [-0.1, -0.05) is 42.5 Å². The number of aromatic nitrogens is 2. The Bertz CT molecular complexity index is 1130. The van der Waals surface area contributed by atoms with E-state index in [9.17, 15) is 4.79 Å². The van der Waals surface area contributed by atoms with Gasteiger partial charge in [0.05, 0.1) is 5.39 Å². The maximum atomic E-state index is 12.6. The summed E-state index contributed by atoms with van der Waals surface area (Å²) in [5.74, 6) is 0.753. The molecule has 0 saturated carbocycles. The van der Waals surface area contributed by atoms with E-state index in [2.05, 4.69) is 41.4 Å². The lowest BCUT2D eigenvalue weighted by Gasteiger charge is -2.06. The van der Waals surface area contributed by atoms with Crippen LogP contribution < -0.4 is 5.56 Å². The molecule has 4 aromatic rings. The Balaban J connectivity index is 1.63. The molecular weight excluding hydrogens is 316 g/mol. The van der Waals surface area contributed by atoms with Crippen LogP contribution in [-0.2, 0) is 19.3 Å². The van der Waals surface area contributed by atoms with Gasteiger partial charge in [-0.3, -0.25) is 4.79 Å². The van der Waals surface area contributed by atoms with Crippen molar-refractivity contribution < 1.29 is 0 Å². The minimum atomic E-state index is 0.0228. The summed E-state index contributed by atoms with van der Waals surface area (Å²) < 4.78 is 0. The van der Waals surface area contributed by atoms with Gasteiger partial charge in [-0.05, 0) is 41.2 Å². The van der Waals surface area contributed by atoms with E-state index >= 15 is 0 Å². The molecule has 0 bridgehead atoms. The predicted molar refractivity (Wildman–Crippen MR) is 99.0 cm³/mol. The van der Waals surface area contributed by atoms with E-state index in [0.29, 0.717) is 6.42 Å². The summed E-state index contributed by atoms with van der Waals surface area (Å²) in [7, 11) is 0. The largest absolute Gasteiger partial charge is 0.310 e. The SMILES string of the molecule is O=c1[nH]c(Cc2cccc3ccccc23)nc2sc3c(c12)CCC3. The van der Waals surface area contributed by atoms with Gasteiger partial charge in [-0.2, -0.15) is 0 Å². The van der Waals surface area contributed by atoms with E-state index in [1.165, 1.54) is 26.8 Å². The molecular formula is C20H16N2OS. The average molecular weight is 332 g/mol. The third kappa shape index (κ3) is 2.10. The monoisotopic (exact) mass is 332 g/mol. The van der Waals surface area contributed by atoms with E-state index in [4.69, 9.17) is 4.98 Å². The highest BCUT2D eigenvalue weighted by Crippen LogP contribution is 2.34. The zero-order valence-corrected chi connectivity index (χ0v) is 14.0. The van der Waals surface area contributed by atoms with E-state index in [1.807, 2.05) is 6.07 Å². The van der Waals surface area contributed by atoms with Gasteiger partial charge in [0, 0.05) is 11.3 Å². The summed E-state index contributed by atoms with van der Waals surface area (Å²) in [5.41, 5.74) is 2.45. The molecule has 0 amide bonds. The average Bonchev–Trinajstić information content (AvgIpc) is 3.15. The van der Waals surface area contributed by atoms with Crippen LogP contribution in [0.25, 0.3) is 21.0 Å². The van der Waals surface area contributed by atoms with Crippen LogP contribution in [0.2, 0.25) is 0 Å². The van der Waals surface area contributed by atoms with Crippen molar-refractivity contribution in [3.05, 3.63) is 74.6 Å². The van der Waals surface area contributed by atoms with Crippen molar-refractivity contribution >= 4 is 32.3 Å². The van der Waals surface area contributed by atoms with Crippen LogP contribution in [-0.4, -0.2) is 9.97 Å². The quantitative estimate of drug-likeness (QED) is 0.597. The molecule has 1 aliphatic carbocycles. The van der Waals surface area contributed by atoms with E-state index in [0.717, 1.165) is 35.3 Å². The van der Waals surface area contributed by atoms with E-state index < -0.39 is 0 Å². The zero-order chi connectivity index (χ0) is 16.1. The molecule has 0 unspecified atom stereocenters. The van der Waals surface area contributed by atoms with E-state index in [1.54, 1.807) is 11.3 Å². The second-order valence-corrected chi connectivity index (χ2v) is 7.45. The minimum Gasteiger partial charge on any atom is -0.310 e. The second-order valence-electron chi connectivity index (χ2n) is 6.37. The van der Waals surface area contributed by atoms with Gasteiger partial charge in [0.25, 0.3) is 5.56 Å². The van der Waals surface area contributed by atoms with Crippen LogP contribution in [0.4, 0.5) is 0 Å². The number of fused-ring (bicyclic) bond motifs is 4. The number of aromatic amines is 1. The van der Waals surface area contributed by atoms with Crippen molar-refractivity contribution in [2.24, 2.45) is 0 Å². The van der Waals surface area contributed by atoms with Crippen molar-refractivity contribution in [2.75, 3.05) is 0 Å². The first-order chi connectivity index (χ1) is 11.8. The Hall–Kier alpha value is -2.46. The molecule has 1 N–H and O–H groups in total. The Labute approximate surface area is 143 Å². The van der Waals surface area contributed by atoms with Gasteiger partial charge in [0.1, 0.15) is 10.7 Å². The molecule has 0 fully saturated rings. The highest BCUT2D eigenvalue weighted by atomic mass is 32.1. The fourth-order valence-corrected chi connectivity index (χ4v) is 5.04. The summed E-state index contributed by atoms with van der Waals surface area (Å²) in [6.45, 7) is 0. The standard InChI is InChI=1S/C20H16N2OS/c23-19-18-15-9-4-10-16(15)24-20(18)22-17(21-19)11-13-7-3-6-12-5-1-2-8-14(12)13/h1-3,5-8H,4,9-11H2,(H,21,22,23). The lowest BCUT2D eigenvalue weighted by Crippen LogP contribution is -2.12. The number of nitrogens with zero attached hydrogens (tertiary/aromatic N) is 1. The number of nitrogens with one attached hydrogen (secondary N) is 1. The zero-order valence-electron chi connectivity index (χ0n) is 13.1. The molecule has 2 aromatic heterocycles. The van der Waals surface area contributed by atoms with E-state index in [-0.39, 0.29) is 5.56 Å². The molecule has 2 aromatic carbocycles. The highest BCUT2D eigenvalue weighted by Gasteiger charge is 2.21.